The molecule has 8 heteroatoms. The van der Waals surface area contributed by atoms with Crippen LogP contribution in [0.25, 0.3) is 22.3 Å². The van der Waals surface area contributed by atoms with Crippen LogP contribution in [0.2, 0.25) is 0 Å². The second-order valence-electron chi connectivity index (χ2n) is 7.34. The second-order valence-corrected chi connectivity index (χ2v) is 7.34. The number of likely N-dealkylation sites (tertiary alicyclic amines) is 1. The fourth-order valence-corrected chi connectivity index (χ4v) is 3.80. The van der Waals surface area contributed by atoms with Gasteiger partial charge in [-0.2, -0.15) is 10.1 Å². The van der Waals surface area contributed by atoms with E-state index in [0.717, 1.165) is 5.56 Å². The molecule has 150 valence electrons. The molecular formula is C22H19N5O3. The molecule has 2 aromatic carbocycles. The normalized spacial score (nSPS) is 14.9. The van der Waals surface area contributed by atoms with Crippen molar-refractivity contribution in [2.45, 2.75) is 18.8 Å². The number of piperidine rings is 1. The van der Waals surface area contributed by atoms with Gasteiger partial charge in [0.1, 0.15) is 0 Å². The Kier molecular flexibility index (Phi) is 4.59. The van der Waals surface area contributed by atoms with Crippen molar-refractivity contribution in [3.63, 3.8) is 0 Å². The Balaban J connectivity index is 1.29. The van der Waals surface area contributed by atoms with E-state index in [9.17, 15) is 9.59 Å². The number of amides is 1. The number of hydrogen-bond donors (Lipinski definition) is 1. The Morgan fingerprint density at radius 3 is 2.57 bits per heavy atom. The molecule has 1 saturated heterocycles. The number of nitrogens with one attached hydrogen (secondary N) is 1. The van der Waals surface area contributed by atoms with Gasteiger partial charge >= 0.3 is 0 Å². The highest BCUT2D eigenvalue weighted by Gasteiger charge is 2.30. The van der Waals surface area contributed by atoms with Crippen molar-refractivity contribution >= 4 is 16.8 Å². The molecule has 2 aromatic heterocycles. The van der Waals surface area contributed by atoms with Crippen molar-refractivity contribution in [3.8, 4) is 11.4 Å². The Morgan fingerprint density at radius 2 is 1.77 bits per heavy atom. The lowest BCUT2D eigenvalue weighted by Gasteiger charge is -2.29. The first-order valence-corrected chi connectivity index (χ1v) is 9.86. The minimum atomic E-state index is -0.351. The van der Waals surface area contributed by atoms with Gasteiger partial charge in [-0.05, 0) is 25.0 Å². The highest BCUT2D eigenvalue weighted by Crippen LogP contribution is 2.28. The van der Waals surface area contributed by atoms with Gasteiger partial charge in [-0.25, -0.2) is 0 Å². The summed E-state index contributed by atoms with van der Waals surface area (Å²) in [6, 6.07) is 16.7. The largest absolute Gasteiger partial charge is 0.339 e. The van der Waals surface area contributed by atoms with Gasteiger partial charge in [-0.3, -0.25) is 14.7 Å². The number of aromatic nitrogens is 4. The summed E-state index contributed by atoms with van der Waals surface area (Å²) in [7, 11) is 0. The molecule has 0 bridgehead atoms. The first kappa shape index (κ1) is 18.2. The van der Waals surface area contributed by atoms with Gasteiger partial charge in [0.15, 0.2) is 5.69 Å². The summed E-state index contributed by atoms with van der Waals surface area (Å²) in [6.07, 6.45) is 1.38. The third-order valence-electron chi connectivity index (χ3n) is 5.48. The van der Waals surface area contributed by atoms with Gasteiger partial charge in [0.05, 0.1) is 5.52 Å². The molecule has 5 rings (SSSR count). The quantitative estimate of drug-likeness (QED) is 0.566. The van der Waals surface area contributed by atoms with Crippen molar-refractivity contribution in [2.75, 3.05) is 13.1 Å². The van der Waals surface area contributed by atoms with Crippen LogP contribution in [0, 0.1) is 0 Å². The Morgan fingerprint density at radius 1 is 1.03 bits per heavy atom. The molecule has 0 radical (unpaired) electrons. The van der Waals surface area contributed by atoms with Crippen molar-refractivity contribution in [1.29, 1.82) is 0 Å². The summed E-state index contributed by atoms with van der Waals surface area (Å²) >= 11 is 0. The van der Waals surface area contributed by atoms with E-state index in [1.165, 1.54) is 0 Å². The topological polar surface area (TPSA) is 105 Å². The fraction of sp³-hybridized carbons (Fsp3) is 0.227. The number of fused-ring (bicyclic) bond motifs is 1. The molecule has 1 aliphatic rings. The summed E-state index contributed by atoms with van der Waals surface area (Å²) in [5.41, 5.74) is 1.10. The SMILES string of the molecule is O=C(c1n[nH]c2ccccc2c1=O)N1CCC(c2nc(-c3ccccc3)no2)CC1. The molecule has 30 heavy (non-hydrogen) atoms. The van der Waals surface area contributed by atoms with E-state index in [-0.39, 0.29) is 22.9 Å². The highest BCUT2D eigenvalue weighted by atomic mass is 16.5. The fourth-order valence-electron chi connectivity index (χ4n) is 3.80. The number of rotatable bonds is 3. The molecule has 3 heterocycles. The average molecular weight is 401 g/mol. The molecular weight excluding hydrogens is 382 g/mol. The van der Waals surface area contributed by atoms with Crippen LogP contribution in [-0.2, 0) is 0 Å². The number of hydrogen-bond acceptors (Lipinski definition) is 6. The van der Waals surface area contributed by atoms with Crippen LogP contribution in [0.15, 0.2) is 63.9 Å². The highest BCUT2D eigenvalue weighted by molar-refractivity contribution is 5.95. The van der Waals surface area contributed by atoms with E-state index in [1.807, 2.05) is 36.4 Å². The smallest absolute Gasteiger partial charge is 0.278 e. The molecule has 4 aromatic rings. The first-order valence-electron chi connectivity index (χ1n) is 9.86. The van der Waals surface area contributed by atoms with Crippen LogP contribution < -0.4 is 5.43 Å². The van der Waals surface area contributed by atoms with Gasteiger partial charge < -0.3 is 9.42 Å². The van der Waals surface area contributed by atoms with Crippen molar-refractivity contribution in [2.24, 2.45) is 0 Å². The number of benzene rings is 2. The van der Waals surface area contributed by atoms with E-state index < -0.39 is 0 Å². The monoisotopic (exact) mass is 401 g/mol. The van der Waals surface area contributed by atoms with Crippen LogP contribution in [0.3, 0.4) is 0 Å². The predicted molar refractivity (Wildman–Crippen MR) is 110 cm³/mol. The van der Waals surface area contributed by atoms with Crippen LogP contribution in [0.5, 0.6) is 0 Å². The Labute approximate surface area is 171 Å². The van der Waals surface area contributed by atoms with Crippen molar-refractivity contribution in [3.05, 3.63) is 76.4 Å². The lowest BCUT2D eigenvalue weighted by Crippen LogP contribution is -2.40. The van der Waals surface area contributed by atoms with Crippen LogP contribution in [-0.4, -0.2) is 44.2 Å². The van der Waals surface area contributed by atoms with E-state index in [2.05, 4.69) is 20.3 Å². The first-order chi connectivity index (χ1) is 14.7. The Bertz CT molecular complexity index is 1260. The van der Waals surface area contributed by atoms with Gasteiger partial charge in [0, 0.05) is 30.0 Å². The third-order valence-corrected chi connectivity index (χ3v) is 5.48. The molecule has 8 nitrogen and oxygen atoms in total. The predicted octanol–water partition coefficient (Wildman–Crippen LogP) is 2.99. The number of carbonyl (C=O) groups is 1. The molecule has 1 amide bonds. The minimum absolute atomic E-state index is 0.0729. The summed E-state index contributed by atoms with van der Waals surface area (Å²) in [5.74, 6) is 0.886. The Hall–Kier alpha value is -3.81. The zero-order valence-electron chi connectivity index (χ0n) is 16.1. The van der Waals surface area contributed by atoms with Gasteiger partial charge in [-0.15, -0.1) is 0 Å². The zero-order valence-corrected chi connectivity index (χ0v) is 16.1. The molecule has 1 fully saturated rings. The maximum atomic E-state index is 12.9. The molecule has 0 unspecified atom stereocenters. The summed E-state index contributed by atoms with van der Waals surface area (Å²) < 4.78 is 5.47. The summed E-state index contributed by atoms with van der Waals surface area (Å²) in [6.45, 7) is 1.00. The lowest BCUT2D eigenvalue weighted by atomic mass is 9.96. The van der Waals surface area contributed by atoms with Crippen LogP contribution in [0.4, 0.5) is 0 Å². The van der Waals surface area contributed by atoms with E-state index in [0.29, 0.717) is 48.5 Å². The molecule has 1 N–H and O–H groups in total. The summed E-state index contributed by atoms with van der Waals surface area (Å²) in [4.78, 5) is 31.8. The average Bonchev–Trinajstić information content (AvgIpc) is 3.30. The number of carbonyl (C=O) groups excluding carboxylic acids is 1. The molecule has 0 saturated carbocycles. The standard InChI is InChI=1S/C22H19N5O3/c28-19-16-8-4-5-9-17(16)24-25-18(19)22(29)27-12-10-15(11-13-27)21-23-20(26-30-21)14-6-2-1-3-7-14/h1-9,15H,10-13H2,(H,24,28). The minimum Gasteiger partial charge on any atom is -0.339 e. The lowest BCUT2D eigenvalue weighted by molar-refractivity contribution is 0.0696. The van der Waals surface area contributed by atoms with E-state index in [1.54, 1.807) is 23.1 Å². The molecule has 1 aliphatic heterocycles. The van der Waals surface area contributed by atoms with Crippen LogP contribution >= 0.6 is 0 Å². The van der Waals surface area contributed by atoms with E-state index >= 15 is 0 Å². The molecule has 0 spiro atoms. The summed E-state index contributed by atoms with van der Waals surface area (Å²) in [5, 5.41) is 11.4. The van der Waals surface area contributed by atoms with Crippen molar-refractivity contribution < 1.29 is 9.32 Å². The second kappa shape index (κ2) is 7.55. The number of para-hydroxylation sites is 1. The molecule has 0 aliphatic carbocycles. The maximum absolute atomic E-state index is 12.9. The van der Waals surface area contributed by atoms with Gasteiger partial charge in [-0.1, -0.05) is 47.6 Å². The number of aromatic amines is 1. The third kappa shape index (κ3) is 3.26. The van der Waals surface area contributed by atoms with Gasteiger partial charge in [0.25, 0.3) is 5.91 Å². The van der Waals surface area contributed by atoms with Crippen molar-refractivity contribution in [1.82, 2.24) is 25.2 Å². The maximum Gasteiger partial charge on any atom is 0.278 e. The van der Waals surface area contributed by atoms with Gasteiger partial charge in [0.2, 0.25) is 17.1 Å². The number of nitrogens with zero attached hydrogens (tertiary/aromatic N) is 4. The van der Waals surface area contributed by atoms with Crippen LogP contribution in [0.1, 0.15) is 35.1 Å². The van der Waals surface area contributed by atoms with E-state index in [4.69, 9.17) is 4.52 Å². The number of H-pyrrole nitrogens is 1. The zero-order chi connectivity index (χ0) is 20.5. The molecule has 0 atom stereocenters.